The van der Waals surface area contributed by atoms with E-state index in [0.717, 1.165) is 12.1 Å². The van der Waals surface area contributed by atoms with Crippen LogP contribution in [0.2, 0.25) is 0 Å². The predicted octanol–water partition coefficient (Wildman–Crippen LogP) is 2.76. The molecule has 0 aliphatic heterocycles. The summed E-state index contributed by atoms with van der Waals surface area (Å²) in [5.74, 6) is 1.36. The monoisotopic (exact) mass is 281 g/mol. The van der Waals surface area contributed by atoms with E-state index in [9.17, 15) is 0 Å². The van der Waals surface area contributed by atoms with E-state index in [-0.39, 0.29) is 24.7 Å². The molecular weight excluding hydrogens is 254 g/mol. The molecular formula is C16H27NO3. The molecule has 2 N–H and O–H groups in total. The summed E-state index contributed by atoms with van der Waals surface area (Å²) in [4.78, 5) is 0. The maximum Gasteiger partial charge on any atom is 0.161 e. The number of nitrogens with one attached hydrogen (secondary N) is 1. The molecule has 0 radical (unpaired) electrons. The van der Waals surface area contributed by atoms with Crippen molar-refractivity contribution >= 4 is 0 Å². The van der Waals surface area contributed by atoms with Crippen LogP contribution in [0, 0.1) is 5.41 Å². The van der Waals surface area contributed by atoms with Crippen LogP contribution in [0.5, 0.6) is 11.5 Å². The van der Waals surface area contributed by atoms with E-state index in [1.54, 1.807) is 7.11 Å². The van der Waals surface area contributed by atoms with Gasteiger partial charge < -0.3 is 19.9 Å². The Morgan fingerprint density at radius 1 is 1.25 bits per heavy atom. The summed E-state index contributed by atoms with van der Waals surface area (Å²) in [6.45, 7) is 9.97. The van der Waals surface area contributed by atoms with E-state index < -0.39 is 0 Å². The Labute approximate surface area is 122 Å². The first-order valence-corrected chi connectivity index (χ1v) is 7.02. The Kier molecular flexibility index (Phi) is 6.30. The van der Waals surface area contributed by atoms with Crippen LogP contribution in [-0.4, -0.2) is 32.0 Å². The molecule has 1 aromatic carbocycles. The minimum absolute atomic E-state index is 0.00551. The molecule has 1 rings (SSSR count). The highest BCUT2D eigenvalue weighted by molar-refractivity contribution is 5.43. The van der Waals surface area contributed by atoms with Gasteiger partial charge in [-0.1, -0.05) is 26.8 Å². The highest BCUT2D eigenvalue weighted by Crippen LogP contribution is 2.30. The zero-order chi connectivity index (χ0) is 15.2. The predicted molar refractivity (Wildman–Crippen MR) is 81.4 cm³/mol. The van der Waals surface area contributed by atoms with Gasteiger partial charge in [0.1, 0.15) is 6.61 Å². The fourth-order valence-corrected chi connectivity index (χ4v) is 1.81. The highest BCUT2D eigenvalue weighted by Gasteiger charge is 2.14. The Morgan fingerprint density at radius 3 is 2.50 bits per heavy atom. The second kappa shape index (κ2) is 7.50. The summed E-state index contributed by atoms with van der Waals surface area (Å²) < 4.78 is 10.8. The molecule has 0 bridgehead atoms. The standard InChI is InChI=1S/C16H27NO3/c1-12(17-11-16(2,3)4)13-6-7-14(20-9-8-18)15(10-13)19-5/h6-7,10,12,17-18H,8-9,11H2,1-5H3. The van der Waals surface area contributed by atoms with Gasteiger partial charge in [-0.2, -0.15) is 0 Å². The molecule has 0 aliphatic carbocycles. The molecule has 4 heteroatoms. The van der Waals surface area contributed by atoms with Crippen molar-refractivity contribution in [3.8, 4) is 11.5 Å². The van der Waals surface area contributed by atoms with Crippen molar-refractivity contribution in [2.24, 2.45) is 5.41 Å². The first-order valence-electron chi connectivity index (χ1n) is 7.02. The lowest BCUT2D eigenvalue weighted by Gasteiger charge is -2.23. The summed E-state index contributed by atoms with van der Waals surface area (Å²) in [6.07, 6.45) is 0. The van der Waals surface area contributed by atoms with Gasteiger partial charge in [0.05, 0.1) is 13.7 Å². The minimum Gasteiger partial charge on any atom is -0.493 e. The van der Waals surface area contributed by atoms with Crippen LogP contribution in [-0.2, 0) is 0 Å². The lowest BCUT2D eigenvalue weighted by Crippen LogP contribution is -2.29. The average molecular weight is 281 g/mol. The second-order valence-electron chi connectivity index (χ2n) is 6.15. The molecule has 1 unspecified atom stereocenters. The third-order valence-corrected chi connectivity index (χ3v) is 2.98. The molecule has 0 heterocycles. The van der Waals surface area contributed by atoms with Crippen LogP contribution in [0.15, 0.2) is 18.2 Å². The maximum atomic E-state index is 8.80. The molecule has 0 aliphatic rings. The van der Waals surface area contributed by atoms with Gasteiger partial charge in [-0.15, -0.1) is 0 Å². The maximum absolute atomic E-state index is 8.80. The highest BCUT2D eigenvalue weighted by atomic mass is 16.5. The number of benzene rings is 1. The zero-order valence-corrected chi connectivity index (χ0v) is 13.2. The van der Waals surface area contributed by atoms with E-state index in [4.69, 9.17) is 14.6 Å². The second-order valence-corrected chi connectivity index (χ2v) is 6.15. The molecule has 0 fully saturated rings. The SMILES string of the molecule is COc1cc(C(C)NCC(C)(C)C)ccc1OCCO. The van der Waals surface area contributed by atoms with Crippen LogP contribution in [0.25, 0.3) is 0 Å². The van der Waals surface area contributed by atoms with Gasteiger partial charge in [-0.05, 0) is 30.0 Å². The first kappa shape index (κ1) is 16.8. The normalized spacial score (nSPS) is 13.1. The molecule has 0 saturated carbocycles. The van der Waals surface area contributed by atoms with Crippen LogP contribution in [0.1, 0.15) is 39.3 Å². The fourth-order valence-electron chi connectivity index (χ4n) is 1.81. The first-order chi connectivity index (χ1) is 9.37. The molecule has 20 heavy (non-hydrogen) atoms. The summed E-state index contributed by atoms with van der Waals surface area (Å²) in [5, 5.41) is 12.3. The Morgan fingerprint density at radius 2 is 1.95 bits per heavy atom. The van der Waals surface area contributed by atoms with Crippen molar-refractivity contribution in [3.05, 3.63) is 23.8 Å². The van der Waals surface area contributed by atoms with Gasteiger partial charge in [0.2, 0.25) is 0 Å². The van der Waals surface area contributed by atoms with Crippen molar-refractivity contribution in [2.45, 2.75) is 33.7 Å². The van der Waals surface area contributed by atoms with E-state index in [1.807, 2.05) is 18.2 Å². The topological polar surface area (TPSA) is 50.7 Å². The van der Waals surface area contributed by atoms with Crippen molar-refractivity contribution in [3.63, 3.8) is 0 Å². The number of ether oxygens (including phenoxy) is 2. The molecule has 1 aromatic rings. The Balaban J connectivity index is 2.75. The largest absolute Gasteiger partial charge is 0.493 e. The lowest BCUT2D eigenvalue weighted by atomic mass is 9.96. The third kappa shape index (κ3) is 5.39. The molecule has 114 valence electrons. The van der Waals surface area contributed by atoms with Gasteiger partial charge in [0, 0.05) is 12.6 Å². The number of hydrogen-bond acceptors (Lipinski definition) is 4. The molecule has 0 amide bonds. The van der Waals surface area contributed by atoms with Crippen LogP contribution < -0.4 is 14.8 Å². The third-order valence-electron chi connectivity index (χ3n) is 2.98. The van der Waals surface area contributed by atoms with Gasteiger partial charge in [0.15, 0.2) is 11.5 Å². The van der Waals surface area contributed by atoms with Gasteiger partial charge >= 0.3 is 0 Å². The average Bonchev–Trinajstić information content (AvgIpc) is 2.41. The van der Waals surface area contributed by atoms with Crippen LogP contribution in [0.4, 0.5) is 0 Å². The Hall–Kier alpha value is -1.26. The molecule has 4 nitrogen and oxygen atoms in total. The molecule has 0 aromatic heterocycles. The summed E-state index contributed by atoms with van der Waals surface area (Å²) in [6, 6.07) is 6.14. The van der Waals surface area contributed by atoms with Gasteiger partial charge in [0.25, 0.3) is 0 Å². The Bertz CT molecular complexity index is 413. The van der Waals surface area contributed by atoms with Crippen molar-refractivity contribution in [1.82, 2.24) is 5.32 Å². The number of aliphatic hydroxyl groups is 1. The van der Waals surface area contributed by atoms with Crippen molar-refractivity contribution in [1.29, 1.82) is 0 Å². The summed E-state index contributed by atoms with van der Waals surface area (Å²) in [5.41, 5.74) is 1.41. The van der Waals surface area contributed by atoms with Gasteiger partial charge in [-0.3, -0.25) is 0 Å². The molecule has 1 atom stereocenters. The fraction of sp³-hybridized carbons (Fsp3) is 0.625. The number of aliphatic hydroxyl groups excluding tert-OH is 1. The van der Waals surface area contributed by atoms with Crippen molar-refractivity contribution < 1.29 is 14.6 Å². The van der Waals surface area contributed by atoms with E-state index in [1.165, 1.54) is 0 Å². The minimum atomic E-state index is -0.00551. The lowest BCUT2D eigenvalue weighted by molar-refractivity contribution is 0.196. The number of hydrogen-bond donors (Lipinski definition) is 2. The van der Waals surface area contributed by atoms with E-state index >= 15 is 0 Å². The summed E-state index contributed by atoms with van der Waals surface area (Å²) >= 11 is 0. The van der Waals surface area contributed by atoms with Crippen LogP contribution >= 0.6 is 0 Å². The zero-order valence-electron chi connectivity index (χ0n) is 13.2. The number of rotatable bonds is 7. The van der Waals surface area contributed by atoms with E-state index in [0.29, 0.717) is 11.5 Å². The quantitative estimate of drug-likeness (QED) is 0.807. The van der Waals surface area contributed by atoms with Crippen LogP contribution in [0.3, 0.4) is 0 Å². The molecule has 0 saturated heterocycles. The smallest absolute Gasteiger partial charge is 0.161 e. The number of methoxy groups -OCH3 is 1. The van der Waals surface area contributed by atoms with Gasteiger partial charge in [-0.25, -0.2) is 0 Å². The van der Waals surface area contributed by atoms with E-state index in [2.05, 4.69) is 33.0 Å². The molecule has 0 spiro atoms. The summed E-state index contributed by atoms with van der Waals surface area (Å²) in [7, 11) is 1.62. The van der Waals surface area contributed by atoms with Crippen molar-refractivity contribution in [2.75, 3.05) is 26.9 Å².